The molecule has 0 saturated carbocycles. The van der Waals surface area contributed by atoms with Crippen molar-refractivity contribution in [1.29, 1.82) is 0 Å². The third kappa shape index (κ3) is 4.70. The lowest BCUT2D eigenvalue weighted by atomic mass is 10.00. The van der Waals surface area contributed by atoms with Gasteiger partial charge < -0.3 is 13.7 Å². The van der Waals surface area contributed by atoms with Gasteiger partial charge in [0.1, 0.15) is 0 Å². The Balaban J connectivity index is 1.07. The van der Waals surface area contributed by atoms with E-state index in [9.17, 15) is 0 Å². The van der Waals surface area contributed by atoms with Crippen LogP contribution >= 0.6 is 0 Å². The Hall–Kier alpha value is -7.88. The normalized spacial score (nSPS) is 12.1. The molecule has 0 amide bonds. The fraction of sp³-hybridized carbons (Fsp3) is 0. The Morgan fingerprint density at radius 1 is 0.237 bits per heavy atom. The van der Waals surface area contributed by atoms with Gasteiger partial charge in [-0.15, -0.1) is 0 Å². The van der Waals surface area contributed by atoms with Gasteiger partial charge in [0.2, 0.25) is 0 Å². The molecule has 0 atom stereocenters. The summed E-state index contributed by atoms with van der Waals surface area (Å²) in [4.78, 5) is 0. The minimum atomic E-state index is 1.16. The molecular weight excluding hydrogens is 715 g/mol. The molecule has 3 heterocycles. The van der Waals surface area contributed by atoms with Crippen LogP contribution in [-0.4, -0.2) is 13.7 Å². The smallest absolute Gasteiger partial charge is 0.0641 e. The van der Waals surface area contributed by atoms with E-state index in [1.807, 2.05) is 0 Å². The van der Waals surface area contributed by atoms with E-state index in [1.54, 1.807) is 0 Å². The Labute approximate surface area is 339 Å². The minimum absolute atomic E-state index is 1.16. The van der Waals surface area contributed by atoms with E-state index in [4.69, 9.17) is 0 Å². The van der Waals surface area contributed by atoms with Crippen LogP contribution in [0.3, 0.4) is 0 Å². The van der Waals surface area contributed by atoms with Crippen molar-refractivity contribution in [2.45, 2.75) is 0 Å². The Morgan fingerprint density at radius 2 is 0.712 bits per heavy atom. The third-order valence-corrected chi connectivity index (χ3v) is 12.6. The van der Waals surface area contributed by atoms with Gasteiger partial charge in [-0.25, -0.2) is 0 Å². The van der Waals surface area contributed by atoms with Crippen molar-refractivity contribution in [3.63, 3.8) is 0 Å². The molecule has 0 saturated heterocycles. The van der Waals surface area contributed by atoms with Crippen LogP contribution < -0.4 is 0 Å². The fourth-order valence-corrected chi connectivity index (χ4v) is 9.92. The molecule has 0 aliphatic rings. The first kappa shape index (κ1) is 32.2. The Morgan fingerprint density at radius 3 is 1.39 bits per heavy atom. The van der Waals surface area contributed by atoms with Crippen molar-refractivity contribution in [1.82, 2.24) is 13.7 Å². The molecule has 13 aromatic rings. The number of nitrogens with zero attached hydrogens (tertiary/aromatic N) is 3. The number of benzene rings is 10. The summed E-state index contributed by atoms with van der Waals surface area (Å²) in [7, 11) is 0. The van der Waals surface area contributed by atoms with Crippen molar-refractivity contribution < 1.29 is 0 Å². The number of fused-ring (bicyclic) bond motifs is 12. The summed E-state index contributed by atoms with van der Waals surface area (Å²) in [5, 5.41) is 12.4. The van der Waals surface area contributed by atoms with Crippen molar-refractivity contribution >= 4 is 87.0 Å². The molecule has 10 aromatic carbocycles. The first-order valence-corrected chi connectivity index (χ1v) is 20.3. The zero-order valence-corrected chi connectivity index (χ0v) is 32.0. The molecule has 0 N–H and O–H groups in total. The average molecular weight is 750 g/mol. The molecule has 59 heavy (non-hydrogen) atoms. The predicted molar refractivity (Wildman–Crippen MR) is 250 cm³/mol. The highest BCUT2D eigenvalue weighted by Gasteiger charge is 2.22. The molecule has 3 nitrogen and oxygen atoms in total. The summed E-state index contributed by atoms with van der Waals surface area (Å²) in [6, 6.07) is 78.1. The highest BCUT2D eigenvalue weighted by atomic mass is 15.0. The topological polar surface area (TPSA) is 14.8 Å². The van der Waals surface area contributed by atoms with E-state index in [0.29, 0.717) is 0 Å². The highest BCUT2D eigenvalue weighted by Crippen LogP contribution is 2.44. The number of para-hydroxylation sites is 3. The van der Waals surface area contributed by atoms with Gasteiger partial charge in [0, 0.05) is 49.4 Å². The summed E-state index contributed by atoms with van der Waals surface area (Å²) in [6.45, 7) is 0. The predicted octanol–water partition coefficient (Wildman–Crippen LogP) is 15.0. The molecular formula is C56H35N3. The second-order valence-electron chi connectivity index (χ2n) is 15.8. The van der Waals surface area contributed by atoms with Gasteiger partial charge in [-0.3, -0.25) is 0 Å². The van der Waals surface area contributed by atoms with Crippen molar-refractivity contribution in [3.8, 4) is 28.2 Å². The first-order chi connectivity index (χ1) is 29.3. The molecule has 3 aromatic heterocycles. The van der Waals surface area contributed by atoms with Crippen LogP contribution in [0.5, 0.6) is 0 Å². The number of rotatable bonds is 4. The zero-order valence-electron chi connectivity index (χ0n) is 32.0. The zero-order chi connectivity index (χ0) is 38.6. The molecule has 274 valence electrons. The van der Waals surface area contributed by atoms with E-state index in [-0.39, 0.29) is 0 Å². The molecule has 0 aliphatic heterocycles. The van der Waals surface area contributed by atoms with Crippen LogP contribution in [0.1, 0.15) is 0 Å². The SMILES string of the molecule is c1ccc(-n2c3ccccc3c3c2ccc2c4cc(-c5ccc6c(c5)c5ccccc5n6-c5ccc6ccccc6c5)ccc4n(-c4ccc5ccccc5c4)c23)cc1. The third-order valence-electron chi connectivity index (χ3n) is 12.6. The standard InChI is InChI=1S/C56H35N3/c1-2-16-42(17-3-1)57-51-21-11-9-19-47(51)55-54(57)31-28-46-49-35-41(25-30-53(49)59(56(46)55)44-27-23-37-13-5-7-15-39(37)33-44)40-24-29-52-48(34-40)45-18-8-10-20-50(45)58(52)43-26-22-36-12-4-6-14-38(36)32-43/h1-35H. The number of hydrogen-bond donors (Lipinski definition) is 0. The van der Waals surface area contributed by atoms with E-state index >= 15 is 0 Å². The lowest BCUT2D eigenvalue weighted by Crippen LogP contribution is -1.95. The maximum atomic E-state index is 2.51. The van der Waals surface area contributed by atoms with E-state index in [0.717, 1.165) is 11.4 Å². The van der Waals surface area contributed by atoms with Crippen molar-refractivity contribution in [2.24, 2.45) is 0 Å². The molecule has 0 fully saturated rings. The van der Waals surface area contributed by atoms with Gasteiger partial charge in [-0.1, -0.05) is 133 Å². The molecule has 0 aliphatic carbocycles. The largest absolute Gasteiger partial charge is 0.309 e. The van der Waals surface area contributed by atoms with E-state index in [1.165, 1.54) is 104 Å². The average Bonchev–Trinajstić information content (AvgIpc) is 3.94. The summed E-state index contributed by atoms with van der Waals surface area (Å²) in [5.74, 6) is 0. The second kappa shape index (κ2) is 12.3. The van der Waals surface area contributed by atoms with Crippen molar-refractivity contribution in [3.05, 3.63) is 212 Å². The van der Waals surface area contributed by atoms with Gasteiger partial charge in [0.15, 0.2) is 0 Å². The summed E-state index contributed by atoms with van der Waals surface area (Å²) in [6.07, 6.45) is 0. The fourth-order valence-electron chi connectivity index (χ4n) is 9.92. The van der Waals surface area contributed by atoms with Crippen LogP contribution in [0.4, 0.5) is 0 Å². The van der Waals surface area contributed by atoms with Crippen LogP contribution in [0.2, 0.25) is 0 Å². The van der Waals surface area contributed by atoms with Gasteiger partial charge in [-0.05, 0) is 112 Å². The maximum absolute atomic E-state index is 2.51. The summed E-state index contributed by atoms with van der Waals surface area (Å²) >= 11 is 0. The molecule has 0 unspecified atom stereocenters. The van der Waals surface area contributed by atoms with Crippen LogP contribution in [0.25, 0.3) is 115 Å². The van der Waals surface area contributed by atoms with Crippen LogP contribution in [0.15, 0.2) is 212 Å². The van der Waals surface area contributed by atoms with Crippen LogP contribution in [0, 0.1) is 0 Å². The van der Waals surface area contributed by atoms with Crippen LogP contribution in [-0.2, 0) is 0 Å². The second-order valence-corrected chi connectivity index (χ2v) is 15.8. The maximum Gasteiger partial charge on any atom is 0.0641 e. The molecule has 3 heteroatoms. The molecule has 13 rings (SSSR count). The molecule has 0 radical (unpaired) electrons. The number of aromatic nitrogens is 3. The summed E-state index contributed by atoms with van der Waals surface area (Å²) < 4.78 is 7.34. The van der Waals surface area contributed by atoms with Gasteiger partial charge in [0.25, 0.3) is 0 Å². The Kier molecular flexibility index (Phi) is 6.72. The number of hydrogen-bond acceptors (Lipinski definition) is 0. The van der Waals surface area contributed by atoms with Crippen molar-refractivity contribution in [2.75, 3.05) is 0 Å². The quantitative estimate of drug-likeness (QED) is 0.170. The molecule has 0 bridgehead atoms. The highest BCUT2D eigenvalue weighted by molar-refractivity contribution is 6.26. The monoisotopic (exact) mass is 749 g/mol. The van der Waals surface area contributed by atoms with Gasteiger partial charge in [0.05, 0.1) is 33.1 Å². The van der Waals surface area contributed by atoms with E-state index in [2.05, 4.69) is 226 Å². The first-order valence-electron chi connectivity index (χ1n) is 20.3. The Bertz CT molecular complexity index is 3840. The lowest BCUT2D eigenvalue weighted by molar-refractivity contribution is 1.18. The molecule has 0 spiro atoms. The van der Waals surface area contributed by atoms with Gasteiger partial charge >= 0.3 is 0 Å². The lowest BCUT2D eigenvalue weighted by Gasteiger charge is -2.11. The minimum Gasteiger partial charge on any atom is -0.309 e. The van der Waals surface area contributed by atoms with E-state index < -0.39 is 0 Å². The summed E-state index contributed by atoms with van der Waals surface area (Å²) in [5.41, 5.74) is 13.1. The van der Waals surface area contributed by atoms with Gasteiger partial charge in [-0.2, -0.15) is 0 Å².